The lowest BCUT2D eigenvalue weighted by Crippen LogP contribution is -2.36. The zero-order chi connectivity index (χ0) is 24.0. The van der Waals surface area contributed by atoms with Crippen LogP contribution in [0.25, 0.3) is 0 Å². The summed E-state index contributed by atoms with van der Waals surface area (Å²) in [6, 6.07) is 9.28. The molecule has 1 fully saturated rings. The summed E-state index contributed by atoms with van der Waals surface area (Å²) in [5, 5.41) is 2.75. The summed E-state index contributed by atoms with van der Waals surface area (Å²) >= 11 is 0. The van der Waals surface area contributed by atoms with Crippen LogP contribution in [0.5, 0.6) is 11.5 Å². The Bertz CT molecular complexity index is 1090. The van der Waals surface area contributed by atoms with Crippen LogP contribution in [0.1, 0.15) is 40.7 Å². The lowest BCUT2D eigenvalue weighted by Gasteiger charge is -2.26. The highest BCUT2D eigenvalue weighted by Gasteiger charge is 2.28. The Morgan fingerprint density at radius 3 is 2.48 bits per heavy atom. The average Bonchev–Trinajstić information content (AvgIpc) is 2.79. The maximum absolute atomic E-state index is 13.1. The minimum absolute atomic E-state index is 0.0811. The molecule has 33 heavy (non-hydrogen) atoms. The average molecular weight is 483 g/mol. The molecule has 7 nitrogen and oxygen atoms in total. The number of ether oxygens (including phenoxy) is 2. The van der Waals surface area contributed by atoms with E-state index in [1.807, 2.05) is 0 Å². The Hall–Kier alpha value is -2.72. The smallest absolute Gasteiger partial charge is 0.387 e. The molecule has 2 aromatic carbocycles. The number of nitrogens with one attached hydrogen (secondary N) is 1. The van der Waals surface area contributed by atoms with Gasteiger partial charge in [0.25, 0.3) is 5.91 Å². The van der Waals surface area contributed by atoms with Crippen molar-refractivity contribution in [2.45, 2.75) is 44.1 Å². The van der Waals surface area contributed by atoms with E-state index in [-0.39, 0.29) is 28.5 Å². The Balaban J connectivity index is 1.67. The Kier molecular flexibility index (Phi) is 8.25. The second kappa shape index (κ2) is 10.9. The van der Waals surface area contributed by atoms with Crippen LogP contribution >= 0.6 is 0 Å². The third kappa shape index (κ3) is 6.20. The van der Waals surface area contributed by atoms with Crippen LogP contribution in [0.2, 0.25) is 0 Å². The van der Waals surface area contributed by atoms with Crippen LogP contribution in [-0.4, -0.2) is 52.0 Å². The number of halogens is 2. The number of hydrogen-bond donors (Lipinski definition) is 1. The van der Waals surface area contributed by atoms with Gasteiger partial charge in [-0.2, -0.15) is 13.1 Å². The molecular weight excluding hydrogens is 454 g/mol. The first-order valence-corrected chi connectivity index (χ1v) is 12.2. The first-order valence-electron chi connectivity index (χ1n) is 10.7. The molecule has 1 aliphatic heterocycles. The van der Waals surface area contributed by atoms with Crippen LogP contribution < -0.4 is 14.8 Å². The minimum atomic E-state index is -3.67. The molecule has 0 atom stereocenters. The Morgan fingerprint density at radius 1 is 1.09 bits per heavy atom. The standard InChI is InChI=1S/C23H28F2N2O5S/c1-16-6-8-18(15-21(16)33(29,30)27-12-4-3-5-13-27)22(28)26-11-10-17-7-9-19(31-2)20(14-17)32-23(24)25/h6-9,14-15,23H,3-5,10-13H2,1-2H3,(H,26,28). The molecule has 3 rings (SSSR count). The molecule has 1 N–H and O–H groups in total. The lowest BCUT2D eigenvalue weighted by molar-refractivity contribution is -0.0512. The van der Waals surface area contributed by atoms with E-state index in [9.17, 15) is 22.0 Å². The molecule has 1 saturated heterocycles. The second-order valence-electron chi connectivity index (χ2n) is 7.81. The van der Waals surface area contributed by atoms with Crippen molar-refractivity contribution in [3.05, 3.63) is 53.1 Å². The number of methoxy groups -OCH3 is 1. The predicted molar refractivity (Wildman–Crippen MR) is 119 cm³/mol. The van der Waals surface area contributed by atoms with Crippen LogP contribution in [0.15, 0.2) is 41.3 Å². The number of aryl methyl sites for hydroxylation is 1. The molecule has 1 heterocycles. The number of hydrogen-bond acceptors (Lipinski definition) is 5. The maximum atomic E-state index is 13.1. The second-order valence-corrected chi connectivity index (χ2v) is 9.72. The summed E-state index contributed by atoms with van der Waals surface area (Å²) in [5.41, 5.74) is 1.50. The highest BCUT2D eigenvalue weighted by atomic mass is 32.2. The van der Waals surface area contributed by atoms with Gasteiger partial charge in [0, 0.05) is 25.2 Å². The number of sulfonamides is 1. The van der Waals surface area contributed by atoms with E-state index in [0.717, 1.165) is 19.3 Å². The van der Waals surface area contributed by atoms with Crippen molar-refractivity contribution in [3.8, 4) is 11.5 Å². The first-order chi connectivity index (χ1) is 15.7. The first kappa shape index (κ1) is 24.9. The van der Waals surface area contributed by atoms with Gasteiger partial charge < -0.3 is 14.8 Å². The van der Waals surface area contributed by atoms with Crippen molar-refractivity contribution in [2.75, 3.05) is 26.7 Å². The molecule has 2 aromatic rings. The molecule has 10 heteroatoms. The van der Waals surface area contributed by atoms with Crippen LogP contribution in [-0.2, 0) is 16.4 Å². The molecule has 0 unspecified atom stereocenters. The van der Waals surface area contributed by atoms with E-state index in [0.29, 0.717) is 30.6 Å². The summed E-state index contributed by atoms with van der Waals surface area (Å²) in [6.45, 7) is -0.0807. The van der Waals surface area contributed by atoms with E-state index >= 15 is 0 Å². The van der Waals surface area contributed by atoms with E-state index in [1.165, 1.54) is 29.6 Å². The third-order valence-corrected chi connectivity index (χ3v) is 7.57. The zero-order valence-electron chi connectivity index (χ0n) is 18.6. The van der Waals surface area contributed by atoms with Gasteiger partial charge in [-0.05, 0) is 61.6 Å². The summed E-state index contributed by atoms with van der Waals surface area (Å²) in [7, 11) is -2.31. The van der Waals surface area contributed by atoms with Gasteiger partial charge in [0.15, 0.2) is 11.5 Å². The zero-order valence-corrected chi connectivity index (χ0v) is 19.5. The van der Waals surface area contributed by atoms with Gasteiger partial charge in [0.1, 0.15) is 0 Å². The van der Waals surface area contributed by atoms with Crippen molar-refractivity contribution in [2.24, 2.45) is 0 Å². The monoisotopic (exact) mass is 482 g/mol. The molecule has 180 valence electrons. The van der Waals surface area contributed by atoms with E-state index in [1.54, 1.807) is 25.1 Å². The van der Waals surface area contributed by atoms with Crippen molar-refractivity contribution in [3.63, 3.8) is 0 Å². The van der Waals surface area contributed by atoms with Gasteiger partial charge in [0.2, 0.25) is 10.0 Å². The van der Waals surface area contributed by atoms with Crippen LogP contribution in [0, 0.1) is 6.92 Å². The van der Waals surface area contributed by atoms with Gasteiger partial charge in [-0.25, -0.2) is 8.42 Å². The van der Waals surface area contributed by atoms with Gasteiger partial charge in [-0.15, -0.1) is 0 Å². The molecule has 1 aliphatic rings. The van der Waals surface area contributed by atoms with E-state index < -0.39 is 22.5 Å². The number of alkyl halides is 2. The van der Waals surface area contributed by atoms with Crippen molar-refractivity contribution < 1.29 is 31.5 Å². The maximum Gasteiger partial charge on any atom is 0.387 e. The number of benzene rings is 2. The quantitative estimate of drug-likeness (QED) is 0.589. The number of carbonyl (C=O) groups excluding carboxylic acids is 1. The predicted octanol–water partition coefficient (Wildman–Crippen LogP) is 3.75. The highest BCUT2D eigenvalue weighted by Crippen LogP contribution is 2.29. The van der Waals surface area contributed by atoms with Crippen molar-refractivity contribution in [1.29, 1.82) is 0 Å². The molecule has 0 radical (unpaired) electrons. The normalized spacial score (nSPS) is 14.8. The molecule has 0 bridgehead atoms. The molecule has 0 aliphatic carbocycles. The van der Waals surface area contributed by atoms with Crippen LogP contribution in [0.3, 0.4) is 0 Å². The molecular formula is C23H28F2N2O5S. The minimum Gasteiger partial charge on any atom is -0.493 e. The number of piperidine rings is 1. The largest absolute Gasteiger partial charge is 0.493 e. The third-order valence-electron chi connectivity index (χ3n) is 5.53. The molecule has 1 amide bonds. The summed E-state index contributed by atoms with van der Waals surface area (Å²) < 4.78 is 62.3. The number of amides is 1. The SMILES string of the molecule is COc1ccc(CCNC(=O)c2ccc(C)c(S(=O)(=O)N3CCCCC3)c2)cc1OC(F)F. The molecule has 0 saturated carbocycles. The Labute approximate surface area is 192 Å². The topological polar surface area (TPSA) is 84.9 Å². The Morgan fingerprint density at radius 2 is 1.82 bits per heavy atom. The number of carbonyl (C=O) groups is 1. The summed E-state index contributed by atoms with van der Waals surface area (Å²) in [4.78, 5) is 12.8. The summed E-state index contributed by atoms with van der Waals surface area (Å²) in [5.74, 6) is -0.310. The van der Waals surface area contributed by atoms with Crippen molar-refractivity contribution >= 4 is 15.9 Å². The van der Waals surface area contributed by atoms with Gasteiger partial charge in [0.05, 0.1) is 12.0 Å². The van der Waals surface area contributed by atoms with E-state index in [2.05, 4.69) is 10.1 Å². The fourth-order valence-electron chi connectivity index (χ4n) is 3.75. The van der Waals surface area contributed by atoms with Gasteiger partial charge in [-0.1, -0.05) is 18.6 Å². The fraction of sp³-hybridized carbons (Fsp3) is 0.435. The summed E-state index contributed by atoms with van der Waals surface area (Å²) in [6.07, 6.45) is 3.03. The fourth-order valence-corrected chi connectivity index (χ4v) is 5.52. The highest BCUT2D eigenvalue weighted by molar-refractivity contribution is 7.89. The van der Waals surface area contributed by atoms with Crippen LogP contribution in [0.4, 0.5) is 8.78 Å². The van der Waals surface area contributed by atoms with Gasteiger partial charge >= 0.3 is 6.61 Å². The lowest BCUT2D eigenvalue weighted by atomic mass is 10.1. The number of nitrogens with zero attached hydrogens (tertiary/aromatic N) is 1. The van der Waals surface area contributed by atoms with Gasteiger partial charge in [-0.3, -0.25) is 4.79 Å². The molecule has 0 spiro atoms. The molecule has 0 aromatic heterocycles. The number of rotatable bonds is 9. The van der Waals surface area contributed by atoms with E-state index in [4.69, 9.17) is 4.74 Å². The van der Waals surface area contributed by atoms with Crippen molar-refractivity contribution in [1.82, 2.24) is 9.62 Å².